The van der Waals surface area contributed by atoms with Crippen LogP contribution in [-0.4, -0.2) is 12.6 Å². The van der Waals surface area contributed by atoms with Crippen molar-refractivity contribution in [2.45, 2.75) is 57.9 Å². The molecule has 3 aliphatic rings. The molecule has 14 heavy (non-hydrogen) atoms. The second-order valence-electron chi connectivity index (χ2n) is 5.96. The lowest BCUT2D eigenvalue weighted by molar-refractivity contribution is 0.420. The van der Waals surface area contributed by atoms with Crippen LogP contribution in [0.1, 0.15) is 51.9 Å². The molecule has 80 valence electrons. The molecule has 3 aliphatic carbocycles. The highest BCUT2D eigenvalue weighted by atomic mass is 15.0. The molecular formula is C13H23N. The summed E-state index contributed by atoms with van der Waals surface area (Å²) in [7, 11) is 0. The topological polar surface area (TPSA) is 12.0 Å². The Bertz CT molecular complexity index is 221. The van der Waals surface area contributed by atoms with Crippen LogP contribution in [-0.2, 0) is 0 Å². The van der Waals surface area contributed by atoms with Crippen LogP contribution in [0.3, 0.4) is 0 Å². The first-order valence-corrected chi connectivity index (χ1v) is 6.56. The van der Waals surface area contributed by atoms with Gasteiger partial charge in [0.2, 0.25) is 0 Å². The van der Waals surface area contributed by atoms with Crippen LogP contribution in [0.4, 0.5) is 0 Å². The summed E-state index contributed by atoms with van der Waals surface area (Å²) in [5, 5.41) is 3.70. The first kappa shape index (κ1) is 9.21. The van der Waals surface area contributed by atoms with Gasteiger partial charge in [0.15, 0.2) is 0 Å². The molecule has 0 saturated heterocycles. The van der Waals surface area contributed by atoms with E-state index >= 15 is 0 Å². The lowest BCUT2D eigenvalue weighted by Gasteiger charge is -2.10. The molecular weight excluding hydrogens is 170 g/mol. The average Bonchev–Trinajstić information content (AvgIpc) is 3.04. The largest absolute Gasteiger partial charge is 0.314 e. The average molecular weight is 193 g/mol. The van der Waals surface area contributed by atoms with Gasteiger partial charge in [-0.25, -0.2) is 0 Å². The fourth-order valence-electron chi connectivity index (χ4n) is 3.49. The van der Waals surface area contributed by atoms with Crippen LogP contribution in [0.15, 0.2) is 0 Å². The van der Waals surface area contributed by atoms with Crippen molar-refractivity contribution in [1.82, 2.24) is 5.32 Å². The highest BCUT2D eigenvalue weighted by molar-refractivity contribution is 5.07. The van der Waals surface area contributed by atoms with Crippen molar-refractivity contribution in [1.29, 1.82) is 0 Å². The van der Waals surface area contributed by atoms with Gasteiger partial charge in [0.1, 0.15) is 0 Å². The van der Waals surface area contributed by atoms with Crippen LogP contribution in [0, 0.1) is 17.3 Å². The number of nitrogens with one attached hydrogen (secondary N) is 1. The Labute approximate surface area is 87.7 Å². The normalized spacial score (nSPS) is 46.1. The van der Waals surface area contributed by atoms with Crippen LogP contribution in [0.5, 0.6) is 0 Å². The molecule has 0 radical (unpaired) electrons. The fraction of sp³-hybridized carbons (Fsp3) is 1.00. The predicted octanol–water partition coefficient (Wildman–Crippen LogP) is 2.95. The number of hydrogen-bond acceptors (Lipinski definition) is 1. The van der Waals surface area contributed by atoms with E-state index < -0.39 is 0 Å². The highest BCUT2D eigenvalue weighted by Gasteiger charge is 2.56. The van der Waals surface area contributed by atoms with E-state index in [0.29, 0.717) is 0 Å². The van der Waals surface area contributed by atoms with Crippen molar-refractivity contribution in [3.8, 4) is 0 Å². The smallest absolute Gasteiger partial charge is 0.00683 e. The molecule has 3 unspecified atom stereocenters. The van der Waals surface area contributed by atoms with Crippen molar-refractivity contribution >= 4 is 0 Å². The van der Waals surface area contributed by atoms with E-state index in [0.717, 1.165) is 23.3 Å². The van der Waals surface area contributed by atoms with Gasteiger partial charge in [-0.1, -0.05) is 13.3 Å². The van der Waals surface area contributed by atoms with E-state index in [1.165, 1.54) is 32.2 Å². The van der Waals surface area contributed by atoms with Gasteiger partial charge in [0.05, 0.1) is 0 Å². The Kier molecular flexibility index (Phi) is 2.12. The molecule has 3 saturated carbocycles. The second-order valence-corrected chi connectivity index (χ2v) is 5.96. The van der Waals surface area contributed by atoms with Gasteiger partial charge in [-0.05, 0) is 62.3 Å². The second kappa shape index (κ2) is 3.23. The van der Waals surface area contributed by atoms with E-state index in [1.807, 2.05) is 0 Å². The number of rotatable bonds is 4. The lowest BCUT2D eigenvalue weighted by atomic mass is 9.98. The first-order valence-electron chi connectivity index (χ1n) is 6.56. The van der Waals surface area contributed by atoms with Gasteiger partial charge in [0, 0.05) is 6.04 Å². The van der Waals surface area contributed by atoms with Gasteiger partial charge >= 0.3 is 0 Å². The van der Waals surface area contributed by atoms with Gasteiger partial charge in [-0.3, -0.25) is 0 Å². The molecule has 0 aromatic heterocycles. The summed E-state index contributed by atoms with van der Waals surface area (Å²) < 4.78 is 0. The molecule has 0 amide bonds. The Morgan fingerprint density at radius 1 is 1.21 bits per heavy atom. The monoisotopic (exact) mass is 193 g/mol. The maximum absolute atomic E-state index is 3.70. The Morgan fingerprint density at radius 3 is 2.71 bits per heavy atom. The highest BCUT2D eigenvalue weighted by Crippen LogP contribution is 2.64. The van der Waals surface area contributed by atoms with Gasteiger partial charge < -0.3 is 5.32 Å². The maximum Gasteiger partial charge on any atom is 0.00683 e. The third-order valence-electron chi connectivity index (χ3n) is 4.91. The van der Waals surface area contributed by atoms with Crippen molar-refractivity contribution in [3.05, 3.63) is 0 Å². The minimum atomic E-state index is 0.836. The maximum atomic E-state index is 3.70. The van der Waals surface area contributed by atoms with Gasteiger partial charge in [0.25, 0.3) is 0 Å². The van der Waals surface area contributed by atoms with Crippen molar-refractivity contribution < 1.29 is 0 Å². The quantitative estimate of drug-likeness (QED) is 0.724. The zero-order chi connectivity index (χ0) is 9.60. The SMILES string of the molecule is CCC1CCC2(C1)CC2CNC1CC1. The minimum Gasteiger partial charge on any atom is -0.314 e. The molecule has 0 heterocycles. The number of hydrogen-bond donors (Lipinski definition) is 1. The molecule has 0 aromatic carbocycles. The Hall–Kier alpha value is -0.0400. The first-order chi connectivity index (χ1) is 6.82. The van der Waals surface area contributed by atoms with Crippen LogP contribution >= 0.6 is 0 Å². The predicted molar refractivity (Wildman–Crippen MR) is 59.2 cm³/mol. The zero-order valence-corrected chi connectivity index (χ0v) is 9.39. The van der Waals surface area contributed by atoms with Gasteiger partial charge in [-0.15, -0.1) is 0 Å². The third kappa shape index (κ3) is 1.60. The van der Waals surface area contributed by atoms with Crippen molar-refractivity contribution in [2.24, 2.45) is 17.3 Å². The van der Waals surface area contributed by atoms with Crippen molar-refractivity contribution in [3.63, 3.8) is 0 Å². The molecule has 3 rings (SSSR count). The third-order valence-corrected chi connectivity index (χ3v) is 4.91. The van der Waals surface area contributed by atoms with Crippen LogP contribution in [0.25, 0.3) is 0 Å². The fourth-order valence-corrected chi connectivity index (χ4v) is 3.49. The molecule has 1 spiro atoms. The summed E-state index contributed by atoms with van der Waals surface area (Å²) in [6, 6.07) is 0.913. The summed E-state index contributed by atoms with van der Waals surface area (Å²) >= 11 is 0. The Morgan fingerprint density at radius 2 is 2.07 bits per heavy atom. The molecule has 1 nitrogen and oxygen atoms in total. The van der Waals surface area contributed by atoms with E-state index in [9.17, 15) is 0 Å². The van der Waals surface area contributed by atoms with Crippen molar-refractivity contribution in [2.75, 3.05) is 6.54 Å². The van der Waals surface area contributed by atoms with E-state index in [1.54, 1.807) is 19.3 Å². The minimum absolute atomic E-state index is 0.836. The summed E-state index contributed by atoms with van der Waals surface area (Å²) in [5.74, 6) is 2.13. The molecule has 0 aliphatic heterocycles. The van der Waals surface area contributed by atoms with Crippen LogP contribution < -0.4 is 5.32 Å². The Balaban J connectivity index is 1.46. The molecule has 3 atom stereocenters. The van der Waals surface area contributed by atoms with E-state index in [-0.39, 0.29) is 0 Å². The van der Waals surface area contributed by atoms with Gasteiger partial charge in [-0.2, -0.15) is 0 Å². The molecule has 3 fully saturated rings. The van der Waals surface area contributed by atoms with E-state index in [4.69, 9.17) is 0 Å². The lowest BCUT2D eigenvalue weighted by Crippen LogP contribution is -2.21. The molecule has 0 aromatic rings. The summed E-state index contributed by atoms with van der Waals surface area (Å²) in [4.78, 5) is 0. The summed E-state index contributed by atoms with van der Waals surface area (Å²) in [6.45, 7) is 3.70. The molecule has 1 heteroatoms. The zero-order valence-electron chi connectivity index (χ0n) is 9.39. The molecule has 0 bridgehead atoms. The standard InChI is InChI=1S/C13H23N/c1-2-10-5-6-13(7-10)8-11(13)9-14-12-3-4-12/h10-12,14H,2-9H2,1H3. The van der Waals surface area contributed by atoms with Crippen LogP contribution in [0.2, 0.25) is 0 Å². The summed E-state index contributed by atoms with van der Waals surface area (Å²) in [5.41, 5.74) is 0.836. The van der Waals surface area contributed by atoms with E-state index in [2.05, 4.69) is 12.2 Å². The summed E-state index contributed by atoms with van der Waals surface area (Å²) in [6.07, 6.45) is 10.5. The molecule has 1 N–H and O–H groups in total.